The van der Waals surface area contributed by atoms with Gasteiger partial charge in [-0.05, 0) is 120 Å². The van der Waals surface area contributed by atoms with Gasteiger partial charge in [0.1, 0.15) is 16.4 Å². The summed E-state index contributed by atoms with van der Waals surface area (Å²) < 4.78 is 0. The van der Waals surface area contributed by atoms with Crippen LogP contribution in [-0.2, 0) is 4.79 Å². The molecule has 0 saturated heterocycles. The van der Waals surface area contributed by atoms with Crippen LogP contribution in [0.2, 0.25) is 0 Å². The Balaban J connectivity index is 1.31. The van der Waals surface area contributed by atoms with Crippen LogP contribution in [0.3, 0.4) is 0 Å². The van der Waals surface area contributed by atoms with E-state index in [1.165, 1.54) is 10.4 Å². The fraction of sp³-hybridized carbons (Fsp3) is 0.750. The number of carbonyl (C=O) groups is 1. The molecule has 2 aromatic rings. The van der Waals surface area contributed by atoms with Crippen LogP contribution in [0.4, 0.5) is 0 Å². The Morgan fingerprint density at radius 1 is 0.907 bits per heavy atom. The Bertz CT molecular complexity index is 1490. The lowest BCUT2D eigenvalue weighted by Gasteiger charge is -2.71. The van der Waals surface area contributed by atoms with Gasteiger partial charge in [0.05, 0.1) is 12.2 Å². The fourth-order valence-electron chi connectivity index (χ4n) is 11.8. The van der Waals surface area contributed by atoms with Crippen LogP contribution in [0.5, 0.6) is 0 Å². The average molecular weight is 590 g/mol. The Morgan fingerprint density at radius 2 is 1.65 bits per heavy atom. The second kappa shape index (κ2) is 9.15. The third-order valence-electron chi connectivity index (χ3n) is 14.5. The number of allylic oxidation sites excluding steroid dienone is 2. The van der Waals surface area contributed by atoms with Crippen LogP contribution in [0.15, 0.2) is 35.9 Å². The Kier molecular flexibility index (Phi) is 6.27. The van der Waals surface area contributed by atoms with Crippen molar-refractivity contribution in [1.82, 2.24) is 15.2 Å². The van der Waals surface area contributed by atoms with Crippen LogP contribution in [0.1, 0.15) is 106 Å². The van der Waals surface area contributed by atoms with Crippen molar-refractivity contribution >= 4 is 17.0 Å². The number of nitrogens with zero attached hydrogens (tertiary/aromatic N) is 3. The van der Waals surface area contributed by atoms with Gasteiger partial charge in [-0.1, -0.05) is 77.1 Å². The fourth-order valence-corrected chi connectivity index (χ4v) is 11.8. The number of rotatable bonds is 2. The van der Waals surface area contributed by atoms with Crippen LogP contribution >= 0.6 is 0 Å². The summed E-state index contributed by atoms with van der Waals surface area (Å²) >= 11 is 0. The van der Waals surface area contributed by atoms with Gasteiger partial charge in [-0.15, -0.1) is 5.10 Å². The molecule has 7 heteroatoms. The van der Waals surface area contributed by atoms with Gasteiger partial charge in [0.2, 0.25) is 0 Å². The zero-order chi connectivity index (χ0) is 30.8. The summed E-state index contributed by atoms with van der Waals surface area (Å²) in [5.41, 5.74) is 1.50. The number of aliphatic hydroxyl groups is 2. The quantitative estimate of drug-likeness (QED) is 0.306. The molecule has 1 aromatic heterocycles. The molecule has 4 fully saturated rings. The molecule has 4 saturated carbocycles. The summed E-state index contributed by atoms with van der Waals surface area (Å²) in [5, 5.41) is 31.7. The van der Waals surface area contributed by atoms with E-state index in [1.807, 2.05) is 24.3 Å². The average Bonchev–Trinajstić information content (AvgIpc) is 3.34. The maximum Gasteiger partial charge on any atom is 0.344 e. The predicted molar refractivity (Wildman–Crippen MR) is 166 cm³/mol. The minimum atomic E-state index is -1.02. The second-order valence-corrected chi connectivity index (χ2v) is 17.2. The van der Waals surface area contributed by atoms with Gasteiger partial charge in [-0.3, -0.25) is 0 Å². The molecule has 1 heterocycles. The van der Waals surface area contributed by atoms with E-state index >= 15 is 0 Å². The standard InChI is InChI=1S/C36H51N3O4/c1-31(2)18-19-36(30(42)43-39-25-11-9-8-10-24(25)37-38-39)23(20-31)22-12-13-27-33(5)16-15-28(40)32(3,4)26(33)14-17-34(27,6)35(22,7)21-29(36)41/h8-12,23,26-29,40-41H,13-21H2,1-7H3/t23-,26-,27+,28-,29+,33-,34+,35+,36+/m0/s1. The summed E-state index contributed by atoms with van der Waals surface area (Å²) in [6, 6.07) is 7.48. The highest BCUT2D eigenvalue weighted by molar-refractivity contribution is 5.81. The van der Waals surface area contributed by atoms with Gasteiger partial charge >= 0.3 is 5.97 Å². The molecule has 0 radical (unpaired) electrons. The van der Waals surface area contributed by atoms with Gasteiger partial charge in [0.15, 0.2) is 0 Å². The van der Waals surface area contributed by atoms with Crippen molar-refractivity contribution in [1.29, 1.82) is 0 Å². The van der Waals surface area contributed by atoms with Crippen LogP contribution in [-0.4, -0.2) is 43.5 Å². The van der Waals surface area contributed by atoms with Crippen molar-refractivity contribution < 1.29 is 19.8 Å². The molecule has 5 aliphatic carbocycles. The molecule has 43 heavy (non-hydrogen) atoms. The predicted octanol–water partition coefficient (Wildman–Crippen LogP) is 6.52. The summed E-state index contributed by atoms with van der Waals surface area (Å²) in [7, 11) is 0. The number of para-hydroxylation sites is 1. The van der Waals surface area contributed by atoms with Gasteiger partial charge < -0.3 is 15.1 Å². The summed E-state index contributed by atoms with van der Waals surface area (Å²) in [6.07, 6.45) is 9.34. The first-order valence-electron chi connectivity index (χ1n) is 16.7. The molecular formula is C36H51N3O4. The highest BCUT2D eigenvalue weighted by Crippen LogP contribution is 2.75. The maximum atomic E-state index is 14.4. The van der Waals surface area contributed by atoms with Crippen molar-refractivity contribution in [2.24, 2.45) is 50.2 Å². The Hall–Kier alpha value is -2.25. The van der Waals surface area contributed by atoms with Gasteiger partial charge in [-0.2, -0.15) is 0 Å². The highest BCUT2D eigenvalue weighted by atomic mass is 16.7. The number of aromatic nitrogens is 3. The van der Waals surface area contributed by atoms with Crippen molar-refractivity contribution in [3.05, 3.63) is 35.9 Å². The van der Waals surface area contributed by atoms with E-state index in [-0.39, 0.29) is 45.1 Å². The molecule has 7 rings (SSSR count). The number of hydrogen-bond donors (Lipinski definition) is 2. The first-order chi connectivity index (χ1) is 20.1. The maximum absolute atomic E-state index is 14.4. The molecule has 0 unspecified atom stereocenters. The van der Waals surface area contributed by atoms with Gasteiger partial charge in [-0.25, -0.2) is 4.79 Å². The zero-order valence-corrected chi connectivity index (χ0v) is 27.2. The van der Waals surface area contributed by atoms with E-state index in [0.29, 0.717) is 35.7 Å². The minimum absolute atomic E-state index is 0.0125. The lowest BCUT2D eigenvalue weighted by atomic mass is 9.33. The molecular weight excluding hydrogens is 538 g/mol. The summed E-state index contributed by atoms with van der Waals surface area (Å²) in [4.78, 5) is 21.8. The molecule has 234 valence electrons. The normalized spacial score (nSPS) is 44.8. The van der Waals surface area contributed by atoms with E-state index in [9.17, 15) is 15.0 Å². The van der Waals surface area contributed by atoms with Gasteiger partial charge in [0.25, 0.3) is 0 Å². The van der Waals surface area contributed by atoms with Crippen LogP contribution in [0.25, 0.3) is 11.0 Å². The first kappa shape index (κ1) is 29.5. The lowest BCUT2D eigenvalue weighted by molar-refractivity contribution is -0.220. The van der Waals surface area contributed by atoms with Crippen molar-refractivity contribution in [3.8, 4) is 0 Å². The number of fused-ring (bicyclic) bond motifs is 8. The van der Waals surface area contributed by atoms with Gasteiger partial charge in [0, 0.05) is 0 Å². The zero-order valence-electron chi connectivity index (χ0n) is 27.2. The topological polar surface area (TPSA) is 97.5 Å². The Labute approximate surface area is 256 Å². The lowest BCUT2D eigenvalue weighted by Crippen LogP contribution is -2.68. The third-order valence-corrected chi connectivity index (χ3v) is 14.5. The molecule has 9 atom stereocenters. The number of aliphatic hydroxyl groups excluding tert-OH is 2. The molecule has 0 aliphatic heterocycles. The second-order valence-electron chi connectivity index (χ2n) is 17.2. The number of hydrogen-bond acceptors (Lipinski definition) is 6. The minimum Gasteiger partial charge on any atom is -0.393 e. The van der Waals surface area contributed by atoms with Crippen molar-refractivity contribution in [2.45, 2.75) is 118 Å². The van der Waals surface area contributed by atoms with Crippen molar-refractivity contribution in [3.63, 3.8) is 0 Å². The van der Waals surface area contributed by atoms with Crippen LogP contribution in [0, 0.1) is 50.2 Å². The molecule has 7 nitrogen and oxygen atoms in total. The SMILES string of the molecule is CC1(C)CC[C@]2(C(=O)On3nnc4ccccc43)[C@H](O)C[C@]3(C)C(=CC[C@@H]4[C@@]5(C)CC[C@H](O)C(C)(C)[C@@H]5CC[C@]43C)[C@@H]2C1. The number of benzene rings is 1. The molecule has 0 bridgehead atoms. The third kappa shape index (κ3) is 3.76. The summed E-state index contributed by atoms with van der Waals surface area (Å²) in [6.45, 7) is 16.6. The molecule has 0 spiro atoms. The molecule has 0 amide bonds. The number of carbonyl (C=O) groups excluding carboxylic acids is 1. The summed E-state index contributed by atoms with van der Waals surface area (Å²) in [5.74, 6) is 0.448. The highest BCUT2D eigenvalue weighted by Gasteiger charge is 2.71. The van der Waals surface area contributed by atoms with E-state index < -0.39 is 11.5 Å². The first-order valence-corrected chi connectivity index (χ1v) is 16.7. The Morgan fingerprint density at radius 3 is 2.42 bits per heavy atom. The van der Waals surface area contributed by atoms with E-state index in [2.05, 4.69) is 64.9 Å². The van der Waals surface area contributed by atoms with Crippen molar-refractivity contribution in [2.75, 3.05) is 0 Å². The largest absolute Gasteiger partial charge is 0.393 e. The smallest absolute Gasteiger partial charge is 0.344 e. The van der Waals surface area contributed by atoms with E-state index in [1.54, 1.807) is 0 Å². The molecule has 5 aliphatic rings. The van der Waals surface area contributed by atoms with E-state index in [4.69, 9.17) is 4.84 Å². The van der Waals surface area contributed by atoms with E-state index in [0.717, 1.165) is 44.9 Å². The van der Waals surface area contributed by atoms with Crippen LogP contribution < -0.4 is 4.84 Å². The molecule has 2 N–H and O–H groups in total. The molecule has 1 aromatic carbocycles. The monoisotopic (exact) mass is 589 g/mol.